The van der Waals surface area contributed by atoms with Gasteiger partial charge in [-0.25, -0.2) is 4.39 Å². The third kappa shape index (κ3) is 7.46. The molecule has 0 radical (unpaired) electrons. The Bertz CT molecular complexity index is 415. The second-order valence-electron chi connectivity index (χ2n) is 5.14. The Kier molecular flexibility index (Phi) is 9.17. The lowest BCUT2D eigenvalue weighted by Gasteiger charge is -2.14. The minimum atomic E-state index is -0.225. The molecule has 0 aliphatic carbocycles. The molecule has 2 N–H and O–H groups in total. The van der Waals surface area contributed by atoms with Gasteiger partial charge in [0.25, 0.3) is 0 Å². The van der Waals surface area contributed by atoms with Crippen molar-refractivity contribution in [2.45, 2.75) is 32.7 Å². The second kappa shape index (κ2) is 9.72. The van der Waals surface area contributed by atoms with Crippen LogP contribution in [0.3, 0.4) is 0 Å². The Morgan fingerprint density at radius 1 is 1.35 bits per heavy atom. The van der Waals surface area contributed by atoms with Crippen molar-refractivity contribution in [1.82, 2.24) is 10.6 Å². The molecule has 0 aliphatic rings. The molecule has 0 bridgehead atoms. The highest BCUT2D eigenvalue weighted by molar-refractivity contribution is 5.85. The fourth-order valence-corrected chi connectivity index (χ4v) is 1.90. The zero-order valence-corrected chi connectivity index (χ0v) is 13.1. The molecule has 3 nitrogen and oxygen atoms in total. The van der Waals surface area contributed by atoms with E-state index in [1.165, 1.54) is 12.1 Å². The van der Waals surface area contributed by atoms with Crippen molar-refractivity contribution >= 4 is 18.3 Å². The highest BCUT2D eigenvalue weighted by Crippen LogP contribution is 2.12. The van der Waals surface area contributed by atoms with Crippen LogP contribution in [0.1, 0.15) is 25.8 Å². The van der Waals surface area contributed by atoms with Gasteiger partial charge in [0.2, 0.25) is 5.91 Å². The molecule has 1 rings (SSSR count). The van der Waals surface area contributed by atoms with Gasteiger partial charge in [0.05, 0.1) is 0 Å². The molecule has 0 aromatic heterocycles. The monoisotopic (exact) mass is 302 g/mol. The van der Waals surface area contributed by atoms with Gasteiger partial charge < -0.3 is 10.6 Å². The van der Waals surface area contributed by atoms with Crippen LogP contribution in [0.4, 0.5) is 4.39 Å². The van der Waals surface area contributed by atoms with Gasteiger partial charge in [-0.1, -0.05) is 19.1 Å². The predicted octanol–water partition coefficient (Wildman–Crippen LogP) is 2.54. The van der Waals surface area contributed by atoms with Crippen molar-refractivity contribution in [1.29, 1.82) is 0 Å². The van der Waals surface area contributed by atoms with E-state index in [-0.39, 0.29) is 36.1 Å². The van der Waals surface area contributed by atoms with E-state index in [1.54, 1.807) is 6.07 Å². The van der Waals surface area contributed by atoms with Gasteiger partial charge in [-0.15, -0.1) is 12.4 Å². The SMILES string of the molecule is CNC(C)CNC(=O)CC(C)Cc1cccc(F)c1.Cl. The fraction of sp³-hybridized carbons (Fsp3) is 0.533. The maximum absolute atomic E-state index is 13.0. The minimum Gasteiger partial charge on any atom is -0.355 e. The molecule has 0 heterocycles. The van der Waals surface area contributed by atoms with Crippen molar-refractivity contribution in [2.75, 3.05) is 13.6 Å². The van der Waals surface area contributed by atoms with Gasteiger partial charge in [-0.05, 0) is 44.0 Å². The molecule has 20 heavy (non-hydrogen) atoms. The van der Waals surface area contributed by atoms with Gasteiger partial charge in [0, 0.05) is 19.0 Å². The van der Waals surface area contributed by atoms with Crippen LogP contribution in [0.15, 0.2) is 24.3 Å². The fourth-order valence-electron chi connectivity index (χ4n) is 1.90. The van der Waals surface area contributed by atoms with Crippen molar-refractivity contribution in [2.24, 2.45) is 5.92 Å². The van der Waals surface area contributed by atoms with Crippen LogP contribution in [0, 0.1) is 11.7 Å². The number of likely N-dealkylation sites (N-methyl/N-ethyl adjacent to an activating group) is 1. The van der Waals surface area contributed by atoms with Crippen molar-refractivity contribution in [3.05, 3.63) is 35.6 Å². The lowest BCUT2D eigenvalue weighted by Crippen LogP contribution is -2.37. The third-order valence-corrected chi connectivity index (χ3v) is 3.11. The van der Waals surface area contributed by atoms with Gasteiger partial charge in [-0.3, -0.25) is 4.79 Å². The Morgan fingerprint density at radius 3 is 2.65 bits per heavy atom. The summed E-state index contributed by atoms with van der Waals surface area (Å²) in [6.07, 6.45) is 1.18. The number of rotatable bonds is 7. The summed E-state index contributed by atoms with van der Waals surface area (Å²) in [6.45, 7) is 4.64. The quantitative estimate of drug-likeness (QED) is 0.813. The molecule has 5 heteroatoms. The summed E-state index contributed by atoms with van der Waals surface area (Å²) in [5.41, 5.74) is 0.934. The maximum atomic E-state index is 13.0. The molecular weight excluding hydrogens is 279 g/mol. The molecule has 2 unspecified atom stereocenters. The molecule has 0 spiro atoms. The zero-order chi connectivity index (χ0) is 14.3. The highest BCUT2D eigenvalue weighted by atomic mass is 35.5. The average molecular weight is 303 g/mol. The molecule has 2 atom stereocenters. The first kappa shape index (κ1) is 18.9. The van der Waals surface area contributed by atoms with Crippen molar-refractivity contribution in [3.8, 4) is 0 Å². The summed E-state index contributed by atoms with van der Waals surface area (Å²) in [4.78, 5) is 11.7. The van der Waals surface area contributed by atoms with E-state index in [0.29, 0.717) is 19.4 Å². The molecular formula is C15H24ClFN2O. The van der Waals surface area contributed by atoms with Crippen LogP contribution in [0.5, 0.6) is 0 Å². The van der Waals surface area contributed by atoms with Crippen molar-refractivity contribution in [3.63, 3.8) is 0 Å². The van der Waals surface area contributed by atoms with Crippen LogP contribution >= 0.6 is 12.4 Å². The van der Waals surface area contributed by atoms with Gasteiger partial charge in [0.15, 0.2) is 0 Å². The van der Waals surface area contributed by atoms with Crippen LogP contribution in [0.2, 0.25) is 0 Å². The van der Waals surface area contributed by atoms with Crippen LogP contribution in [-0.2, 0) is 11.2 Å². The van der Waals surface area contributed by atoms with E-state index in [9.17, 15) is 9.18 Å². The molecule has 1 aromatic rings. The van der Waals surface area contributed by atoms with Crippen LogP contribution in [-0.4, -0.2) is 25.5 Å². The van der Waals surface area contributed by atoms with Crippen LogP contribution in [0.25, 0.3) is 0 Å². The third-order valence-electron chi connectivity index (χ3n) is 3.11. The molecule has 0 aliphatic heterocycles. The average Bonchev–Trinajstić information content (AvgIpc) is 2.35. The Morgan fingerprint density at radius 2 is 2.05 bits per heavy atom. The Hall–Kier alpha value is -1.13. The number of carbonyl (C=O) groups excluding carboxylic acids is 1. The van der Waals surface area contributed by atoms with Crippen molar-refractivity contribution < 1.29 is 9.18 Å². The van der Waals surface area contributed by atoms with Gasteiger partial charge in [-0.2, -0.15) is 0 Å². The first-order valence-corrected chi connectivity index (χ1v) is 6.69. The highest BCUT2D eigenvalue weighted by Gasteiger charge is 2.10. The molecule has 114 valence electrons. The van der Waals surface area contributed by atoms with Gasteiger partial charge in [0.1, 0.15) is 5.82 Å². The Balaban J connectivity index is 0.00000361. The second-order valence-corrected chi connectivity index (χ2v) is 5.14. The lowest BCUT2D eigenvalue weighted by atomic mass is 9.98. The van der Waals surface area contributed by atoms with E-state index in [2.05, 4.69) is 10.6 Å². The number of halogens is 2. The zero-order valence-electron chi connectivity index (χ0n) is 12.3. The minimum absolute atomic E-state index is 0. The summed E-state index contributed by atoms with van der Waals surface area (Å²) >= 11 is 0. The number of benzene rings is 1. The van der Waals surface area contributed by atoms with E-state index in [0.717, 1.165) is 5.56 Å². The number of hydrogen-bond donors (Lipinski definition) is 2. The molecule has 1 aromatic carbocycles. The van der Waals surface area contributed by atoms with E-state index in [4.69, 9.17) is 0 Å². The lowest BCUT2D eigenvalue weighted by molar-refractivity contribution is -0.121. The normalized spacial score (nSPS) is 13.2. The summed E-state index contributed by atoms with van der Waals surface area (Å²) < 4.78 is 13.0. The smallest absolute Gasteiger partial charge is 0.220 e. The standard InChI is InChI=1S/C15H23FN2O.ClH/c1-11(7-13-5-4-6-14(16)9-13)8-15(19)18-10-12(2)17-3;/h4-6,9,11-12,17H,7-8,10H2,1-3H3,(H,18,19);1H. The maximum Gasteiger partial charge on any atom is 0.220 e. The molecule has 1 amide bonds. The number of hydrogen-bond acceptors (Lipinski definition) is 2. The van der Waals surface area contributed by atoms with Crippen LogP contribution < -0.4 is 10.6 Å². The summed E-state index contributed by atoms with van der Waals surface area (Å²) in [5, 5.41) is 5.95. The first-order valence-electron chi connectivity index (χ1n) is 6.69. The van der Waals surface area contributed by atoms with E-state index >= 15 is 0 Å². The Labute approximate surface area is 126 Å². The predicted molar refractivity (Wildman–Crippen MR) is 82.7 cm³/mol. The first-order chi connectivity index (χ1) is 9.01. The number of nitrogens with one attached hydrogen (secondary N) is 2. The molecule has 0 saturated carbocycles. The van der Waals surface area contributed by atoms with E-state index < -0.39 is 0 Å². The summed E-state index contributed by atoms with van der Waals surface area (Å²) in [5.74, 6) is 0.0229. The number of carbonyl (C=O) groups is 1. The largest absolute Gasteiger partial charge is 0.355 e. The van der Waals surface area contributed by atoms with E-state index in [1.807, 2.05) is 27.0 Å². The number of amides is 1. The van der Waals surface area contributed by atoms with Gasteiger partial charge >= 0.3 is 0 Å². The molecule has 0 saturated heterocycles. The molecule has 0 fully saturated rings. The topological polar surface area (TPSA) is 41.1 Å². The summed E-state index contributed by atoms with van der Waals surface area (Å²) in [7, 11) is 1.86. The summed E-state index contributed by atoms with van der Waals surface area (Å²) in [6, 6.07) is 6.81.